The third-order valence-electron chi connectivity index (χ3n) is 5.56. The number of carbonyl (C=O) groups is 1. The van der Waals surface area contributed by atoms with Gasteiger partial charge in [0, 0.05) is 6.54 Å². The smallest absolute Gasteiger partial charge is 0.312 e. The zero-order valence-corrected chi connectivity index (χ0v) is 14.1. The molecular weight excluding hydrogens is 280 g/mol. The van der Waals surface area contributed by atoms with Crippen LogP contribution in [0.3, 0.4) is 0 Å². The minimum Gasteiger partial charge on any atom is -0.457 e. The molecule has 2 heterocycles. The van der Waals surface area contributed by atoms with Gasteiger partial charge in [0.1, 0.15) is 12.2 Å². The number of epoxide rings is 1. The van der Waals surface area contributed by atoms with Gasteiger partial charge in [0.25, 0.3) is 0 Å². The third kappa shape index (κ3) is 2.59. The number of fused-ring (bicyclic) bond motifs is 3. The van der Waals surface area contributed by atoms with E-state index < -0.39 is 5.54 Å². The van der Waals surface area contributed by atoms with Crippen molar-refractivity contribution in [2.24, 2.45) is 11.7 Å². The van der Waals surface area contributed by atoms with Crippen LogP contribution in [0.15, 0.2) is 11.6 Å². The second-order valence-electron chi connectivity index (χ2n) is 7.72. The van der Waals surface area contributed by atoms with Crippen LogP contribution in [-0.2, 0) is 14.3 Å². The standard InChI is InChI=1S/C17H28N2O3/c1-11-6-5-8-16(2)13(22-16)14-17(18,9-7-11)12(10-19(3)4)15(20)21-14/h6,12-14H,5,7-10,18H2,1-4H3/b11-6+. The number of nitrogens with zero attached hydrogens (tertiary/aromatic N) is 1. The summed E-state index contributed by atoms with van der Waals surface area (Å²) >= 11 is 0. The molecule has 0 saturated carbocycles. The van der Waals surface area contributed by atoms with Crippen LogP contribution < -0.4 is 5.73 Å². The molecular formula is C17H28N2O3. The Balaban J connectivity index is 1.92. The van der Waals surface area contributed by atoms with E-state index in [1.54, 1.807) is 0 Å². The van der Waals surface area contributed by atoms with Gasteiger partial charge in [-0.1, -0.05) is 11.6 Å². The Labute approximate surface area is 132 Å². The van der Waals surface area contributed by atoms with Crippen LogP contribution in [0.25, 0.3) is 0 Å². The van der Waals surface area contributed by atoms with E-state index >= 15 is 0 Å². The summed E-state index contributed by atoms with van der Waals surface area (Å²) in [6.07, 6.45) is 5.56. The first kappa shape index (κ1) is 16.0. The van der Waals surface area contributed by atoms with Crippen LogP contribution in [0, 0.1) is 5.92 Å². The van der Waals surface area contributed by atoms with E-state index in [1.807, 2.05) is 19.0 Å². The van der Waals surface area contributed by atoms with Crippen molar-refractivity contribution >= 4 is 5.97 Å². The summed E-state index contributed by atoms with van der Waals surface area (Å²) in [5.41, 5.74) is 7.30. The number of allylic oxidation sites excluding steroid dienone is 2. The molecule has 5 atom stereocenters. The van der Waals surface area contributed by atoms with Crippen LogP contribution >= 0.6 is 0 Å². The van der Waals surface area contributed by atoms with Crippen molar-refractivity contribution in [1.29, 1.82) is 0 Å². The molecule has 5 heteroatoms. The van der Waals surface area contributed by atoms with E-state index in [-0.39, 0.29) is 29.7 Å². The van der Waals surface area contributed by atoms with E-state index in [1.165, 1.54) is 5.57 Å². The van der Waals surface area contributed by atoms with Crippen molar-refractivity contribution < 1.29 is 14.3 Å². The van der Waals surface area contributed by atoms with Gasteiger partial charge in [-0.05, 0) is 53.6 Å². The molecule has 1 aliphatic carbocycles. The van der Waals surface area contributed by atoms with Gasteiger partial charge >= 0.3 is 5.97 Å². The van der Waals surface area contributed by atoms with Crippen molar-refractivity contribution in [3.63, 3.8) is 0 Å². The predicted molar refractivity (Wildman–Crippen MR) is 84.3 cm³/mol. The molecule has 0 bridgehead atoms. The topological polar surface area (TPSA) is 68.1 Å². The van der Waals surface area contributed by atoms with Gasteiger partial charge in [-0.25, -0.2) is 0 Å². The molecule has 2 saturated heterocycles. The fourth-order valence-corrected chi connectivity index (χ4v) is 3.96. The van der Waals surface area contributed by atoms with Gasteiger partial charge in [-0.3, -0.25) is 4.79 Å². The van der Waals surface area contributed by atoms with Crippen molar-refractivity contribution in [3.05, 3.63) is 11.6 Å². The molecule has 0 spiro atoms. The molecule has 0 aromatic heterocycles. The molecule has 3 aliphatic rings. The van der Waals surface area contributed by atoms with E-state index in [0.29, 0.717) is 6.54 Å². The Morgan fingerprint density at radius 1 is 1.36 bits per heavy atom. The summed E-state index contributed by atoms with van der Waals surface area (Å²) in [5, 5.41) is 0. The molecule has 2 fully saturated rings. The predicted octanol–water partition coefficient (Wildman–Crippen LogP) is 1.46. The molecule has 3 rings (SSSR count). The number of hydrogen-bond acceptors (Lipinski definition) is 5. The van der Waals surface area contributed by atoms with Gasteiger partial charge in [0.05, 0.1) is 17.1 Å². The Bertz CT molecular complexity index is 504. The van der Waals surface area contributed by atoms with Crippen molar-refractivity contribution in [1.82, 2.24) is 4.90 Å². The molecule has 0 aromatic rings. The monoisotopic (exact) mass is 308 g/mol. The Hall–Kier alpha value is -0.910. The van der Waals surface area contributed by atoms with Crippen LogP contribution in [0.2, 0.25) is 0 Å². The first-order valence-electron chi connectivity index (χ1n) is 8.24. The van der Waals surface area contributed by atoms with Gasteiger partial charge in [-0.15, -0.1) is 0 Å². The molecule has 0 radical (unpaired) electrons. The largest absolute Gasteiger partial charge is 0.457 e. The summed E-state index contributed by atoms with van der Waals surface area (Å²) < 4.78 is 11.7. The first-order chi connectivity index (χ1) is 10.3. The fraction of sp³-hybridized carbons (Fsp3) is 0.824. The molecule has 2 aliphatic heterocycles. The molecule has 124 valence electrons. The van der Waals surface area contributed by atoms with Gasteiger partial charge in [0.2, 0.25) is 0 Å². The average Bonchev–Trinajstić information content (AvgIpc) is 3.03. The minimum absolute atomic E-state index is 0.0552. The lowest BCUT2D eigenvalue weighted by Crippen LogP contribution is -2.57. The lowest BCUT2D eigenvalue weighted by molar-refractivity contribution is -0.145. The van der Waals surface area contributed by atoms with Crippen LogP contribution in [-0.4, -0.2) is 54.9 Å². The first-order valence-corrected chi connectivity index (χ1v) is 8.24. The van der Waals surface area contributed by atoms with E-state index in [4.69, 9.17) is 15.2 Å². The SMILES string of the molecule is C/C1=C\CCC2(C)OC2C2OC(=O)C(CN(C)C)C2(N)CC1. The van der Waals surface area contributed by atoms with Crippen molar-refractivity contribution in [3.8, 4) is 0 Å². The van der Waals surface area contributed by atoms with Gasteiger partial charge in [-0.2, -0.15) is 0 Å². The van der Waals surface area contributed by atoms with E-state index in [0.717, 1.165) is 25.7 Å². The highest BCUT2D eigenvalue weighted by Gasteiger charge is 2.67. The number of ether oxygens (including phenoxy) is 2. The van der Waals surface area contributed by atoms with Crippen LogP contribution in [0.1, 0.15) is 39.5 Å². The summed E-state index contributed by atoms with van der Waals surface area (Å²) in [7, 11) is 3.93. The number of nitrogens with two attached hydrogens (primary N) is 1. The zero-order chi connectivity index (χ0) is 16.1. The molecule has 5 unspecified atom stereocenters. The van der Waals surface area contributed by atoms with Gasteiger partial charge < -0.3 is 20.1 Å². The summed E-state index contributed by atoms with van der Waals surface area (Å²) in [4.78, 5) is 14.4. The van der Waals surface area contributed by atoms with Gasteiger partial charge in [0.15, 0.2) is 0 Å². The third-order valence-corrected chi connectivity index (χ3v) is 5.56. The molecule has 2 N–H and O–H groups in total. The normalized spacial score (nSPS) is 47.3. The number of rotatable bonds is 2. The molecule has 22 heavy (non-hydrogen) atoms. The average molecular weight is 308 g/mol. The maximum absolute atomic E-state index is 12.4. The molecule has 5 nitrogen and oxygen atoms in total. The maximum atomic E-state index is 12.4. The second-order valence-corrected chi connectivity index (χ2v) is 7.72. The molecule has 0 amide bonds. The Kier molecular flexibility index (Phi) is 3.86. The summed E-state index contributed by atoms with van der Waals surface area (Å²) in [6, 6.07) is 0. The van der Waals surface area contributed by atoms with Crippen molar-refractivity contribution in [2.75, 3.05) is 20.6 Å². The van der Waals surface area contributed by atoms with Crippen molar-refractivity contribution in [2.45, 2.75) is 62.9 Å². The highest BCUT2D eigenvalue weighted by Crippen LogP contribution is 2.51. The van der Waals surface area contributed by atoms with E-state index in [9.17, 15) is 4.79 Å². The van der Waals surface area contributed by atoms with E-state index in [2.05, 4.69) is 19.9 Å². The molecule has 0 aromatic carbocycles. The number of carbonyl (C=O) groups excluding carboxylic acids is 1. The highest BCUT2D eigenvalue weighted by atomic mass is 16.6. The summed E-state index contributed by atoms with van der Waals surface area (Å²) in [5.74, 6) is -0.451. The van der Waals surface area contributed by atoms with Crippen LogP contribution in [0.4, 0.5) is 0 Å². The Morgan fingerprint density at radius 2 is 2.09 bits per heavy atom. The Morgan fingerprint density at radius 3 is 2.77 bits per heavy atom. The van der Waals surface area contributed by atoms with Crippen LogP contribution in [0.5, 0.6) is 0 Å². The number of esters is 1. The lowest BCUT2D eigenvalue weighted by Gasteiger charge is -2.34. The number of hydrogen-bond donors (Lipinski definition) is 1. The maximum Gasteiger partial charge on any atom is 0.312 e. The highest BCUT2D eigenvalue weighted by molar-refractivity contribution is 5.78. The lowest BCUT2D eigenvalue weighted by atomic mass is 9.74. The fourth-order valence-electron chi connectivity index (χ4n) is 3.96. The summed E-state index contributed by atoms with van der Waals surface area (Å²) in [6.45, 7) is 4.88. The minimum atomic E-state index is -0.643. The zero-order valence-electron chi connectivity index (χ0n) is 14.1. The second kappa shape index (κ2) is 5.32. The quantitative estimate of drug-likeness (QED) is 0.475.